The Kier molecular flexibility index (Phi) is 4.05. The van der Waals surface area contributed by atoms with E-state index in [1.54, 1.807) is 12.4 Å². The molecule has 3 aromatic heterocycles. The van der Waals surface area contributed by atoms with Gasteiger partial charge in [-0.2, -0.15) is 0 Å². The standard InChI is InChI=1S/C18H19N5O2/c1-12-9-15-16(20-11-21-18(15)24)22-17(12)23-7-4-13(5-8-23)25-14-3-2-6-19-10-14/h2-3,6,9-11,13H,4-5,7-8H2,1H3,(H,20,21,22,24). The third-order valence-electron chi connectivity index (χ3n) is 4.47. The summed E-state index contributed by atoms with van der Waals surface area (Å²) in [4.78, 5) is 29.6. The van der Waals surface area contributed by atoms with E-state index in [9.17, 15) is 4.79 Å². The maximum atomic E-state index is 11.9. The van der Waals surface area contributed by atoms with Gasteiger partial charge in [0.05, 0.1) is 17.9 Å². The van der Waals surface area contributed by atoms with Crippen LogP contribution in [0.2, 0.25) is 0 Å². The van der Waals surface area contributed by atoms with Crippen molar-refractivity contribution in [1.29, 1.82) is 0 Å². The lowest BCUT2D eigenvalue weighted by molar-refractivity contribution is 0.170. The lowest BCUT2D eigenvalue weighted by Gasteiger charge is -2.33. The lowest BCUT2D eigenvalue weighted by atomic mass is 10.1. The minimum Gasteiger partial charge on any atom is -0.489 e. The summed E-state index contributed by atoms with van der Waals surface area (Å²) in [6.07, 6.45) is 6.88. The van der Waals surface area contributed by atoms with Gasteiger partial charge in [0.25, 0.3) is 5.56 Å². The van der Waals surface area contributed by atoms with Crippen LogP contribution in [0.15, 0.2) is 41.7 Å². The molecule has 7 heteroatoms. The van der Waals surface area contributed by atoms with Gasteiger partial charge in [-0.15, -0.1) is 0 Å². The zero-order valence-corrected chi connectivity index (χ0v) is 14.0. The van der Waals surface area contributed by atoms with Crippen molar-refractivity contribution in [2.45, 2.75) is 25.9 Å². The van der Waals surface area contributed by atoms with Crippen LogP contribution in [0.1, 0.15) is 18.4 Å². The SMILES string of the molecule is Cc1cc2c(=O)[nH]cnc2nc1N1CCC(Oc2cccnc2)CC1. The Hall–Kier alpha value is -2.96. The first-order valence-electron chi connectivity index (χ1n) is 8.37. The Morgan fingerprint density at radius 3 is 2.92 bits per heavy atom. The first-order valence-corrected chi connectivity index (χ1v) is 8.37. The van der Waals surface area contributed by atoms with Crippen molar-refractivity contribution in [3.8, 4) is 5.75 Å². The molecule has 128 valence electrons. The Labute approximate surface area is 144 Å². The molecule has 1 aliphatic heterocycles. The van der Waals surface area contributed by atoms with E-state index < -0.39 is 0 Å². The molecule has 0 bridgehead atoms. The molecule has 7 nitrogen and oxygen atoms in total. The summed E-state index contributed by atoms with van der Waals surface area (Å²) >= 11 is 0. The molecule has 4 heterocycles. The fraction of sp³-hybridized carbons (Fsp3) is 0.333. The number of H-pyrrole nitrogens is 1. The van der Waals surface area contributed by atoms with Gasteiger partial charge in [-0.3, -0.25) is 9.78 Å². The van der Waals surface area contributed by atoms with Crippen molar-refractivity contribution >= 4 is 16.9 Å². The number of hydrogen-bond acceptors (Lipinski definition) is 6. The third kappa shape index (κ3) is 3.17. The van der Waals surface area contributed by atoms with Crippen LogP contribution in [0.25, 0.3) is 11.0 Å². The Bertz CT molecular complexity index is 933. The molecule has 0 aromatic carbocycles. The summed E-state index contributed by atoms with van der Waals surface area (Å²) in [6.45, 7) is 3.69. The summed E-state index contributed by atoms with van der Waals surface area (Å²) in [5, 5.41) is 0.526. The summed E-state index contributed by atoms with van der Waals surface area (Å²) in [7, 11) is 0. The van der Waals surface area contributed by atoms with E-state index in [-0.39, 0.29) is 11.7 Å². The highest BCUT2D eigenvalue weighted by Crippen LogP contribution is 2.25. The van der Waals surface area contributed by atoms with Gasteiger partial charge in [0.2, 0.25) is 0 Å². The number of anilines is 1. The van der Waals surface area contributed by atoms with Crippen LogP contribution < -0.4 is 15.2 Å². The molecule has 0 saturated carbocycles. The number of piperidine rings is 1. The molecule has 1 N–H and O–H groups in total. The highest BCUT2D eigenvalue weighted by Gasteiger charge is 2.23. The molecule has 0 amide bonds. The van der Waals surface area contributed by atoms with E-state index in [0.717, 1.165) is 43.1 Å². The number of hydrogen-bond donors (Lipinski definition) is 1. The largest absolute Gasteiger partial charge is 0.489 e. The molecule has 0 radical (unpaired) electrons. The van der Waals surface area contributed by atoms with Crippen LogP contribution >= 0.6 is 0 Å². The van der Waals surface area contributed by atoms with Crippen LogP contribution in [-0.4, -0.2) is 39.1 Å². The van der Waals surface area contributed by atoms with Crippen molar-refractivity contribution in [2.75, 3.05) is 18.0 Å². The molecule has 1 aliphatic rings. The number of rotatable bonds is 3. The number of pyridine rings is 2. The predicted octanol–water partition coefficient (Wildman–Crippen LogP) is 2.07. The van der Waals surface area contributed by atoms with Gasteiger partial charge in [0, 0.05) is 32.1 Å². The molecule has 3 aromatic rings. The molecule has 25 heavy (non-hydrogen) atoms. The summed E-state index contributed by atoms with van der Waals surface area (Å²) in [5.74, 6) is 1.70. The molecule has 4 rings (SSSR count). The monoisotopic (exact) mass is 337 g/mol. The minimum absolute atomic E-state index is 0.157. The third-order valence-corrected chi connectivity index (χ3v) is 4.47. The van der Waals surface area contributed by atoms with E-state index in [2.05, 4.69) is 24.8 Å². The second-order valence-corrected chi connectivity index (χ2v) is 6.22. The number of nitrogens with one attached hydrogen (secondary N) is 1. The highest BCUT2D eigenvalue weighted by atomic mass is 16.5. The molecule has 0 aliphatic carbocycles. The van der Waals surface area contributed by atoms with Gasteiger partial charge in [-0.05, 0) is 30.7 Å². The maximum Gasteiger partial charge on any atom is 0.260 e. The van der Waals surface area contributed by atoms with Gasteiger partial charge in [-0.25, -0.2) is 9.97 Å². The zero-order chi connectivity index (χ0) is 17.2. The second kappa shape index (κ2) is 6.51. The summed E-state index contributed by atoms with van der Waals surface area (Å²) in [6, 6.07) is 5.67. The fourth-order valence-electron chi connectivity index (χ4n) is 3.20. The average molecular weight is 337 g/mol. The smallest absolute Gasteiger partial charge is 0.260 e. The number of aromatic amines is 1. The second-order valence-electron chi connectivity index (χ2n) is 6.22. The molecule has 1 fully saturated rings. The van der Waals surface area contributed by atoms with E-state index in [1.165, 1.54) is 6.33 Å². The Balaban J connectivity index is 1.50. The Morgan fingerprint density at radius 2 is 2.16 bits per heavy atom. The van der Waals surface area contributed by atoms with Gasteiger partial charge in [0.15, 0.2) is 5.65 Å². The molecule has 0 atom stereocenters. The summed E-state index contributed by atoms with van der Waals surface area (Å²) in [5.41, 5.74) is 1.31. The summed E-state index contributed by atoms with van der Waals surface area (Å²) < 4.78 is 5.99. The topological polar surface area (TPSA) is 84.0 Å². The van der Waals surface area contributed by atoms with Crippen LogP contribution in [0.4, 0.5) is 5.82 Å². The van der Waals surface area contributed by atoms with E-state index >= 15 is 0 Å². The Morgan fingerprint density at radius 1 is 1.32 bits per heavy atom. The first kappa shape index (κ1) is 15.6. The fourth-order valence-corrected chi connectivity index (χ4v) is 3.20. The van der Waals surface area contributed by atoms with Gasteiger partial charge >= 0.3 is 0 Å². The molecule has 0 spiro atoms. The van der Waals surface area contributed by atoms with Crippen molar-refractivity contribution in [3.63, 3.8) is 0 Å². The number of ether oxygens (including phenoxy) is 1. The van der Waals surface area contributed by atoms with Crippen LogP contribution in [0, 0.1) is 6.92 Å². The van der Waals surface area contributed by atoms with Crippen molar-refractivity contribution in [1.82, 2.24) is 19.9 Å². The van der Waals surface area contributed by atoms with Crippen LogP contribution in [-0.2, 0) is 0 Å². The predicted molar refractivity (Wildman–Crippen MR) is 95.0 cm³/mol. The molecule has 1 saturated heterocycles. The van der Waals surface area contributed by atoms with Gasteiger partial charge in [0.1, 0.15) is 17.7 Å². The normalized spacial score (nSPS) is 15.5. The van der Waals surface area contributed by atoms with Gasteiger partial charge < -0.3 is 14.6 Å². The highest BCUT2D eigenvalue weighted by molar-refractivity contribution is 5.77. The zero-order valence-electron chi connectivity index (χ0n) is 14.0. The molecular formula is C18H19N5O2. The van der Waals surface area contributed by atoms with E-state index in [4.69, 9.17) is 4.74 Å². The van der Waals surface area contributed by atoms with Crippen molar-refractivity contribution in [3.05, 3.63) is 52.8 Å². The number of fused-ring (bicyclic) bond motifs is 1. The minimum atomic E-state index is -0.157. The van der Waals surface area contributed by atoms with Gasteiger partial charge in [-0.1, -0.05) is 0 Å². The molecular weight excluding hydrogens is 318 g/mol. The van der Waals surface area contributed by atoms with Crippen LogP contribution in [0.3, 0.4) is 0 Å². The number of aryl methyl sites for hydroxylation is 1. The first-order chi connectivity index (χ1) is 12.2. The molecule has 0 unspecified atom stereocenters. The average Bonchev–Trinajstić information content (AvgIpc) is 2.64. The van der Waals surface area contributed by atoms with E-state index in [1.807, 2.05) is 25.1 Å². The van der Waals surface area contributed by atoms with E-state index in [0.29, 0.717) is 11.0 Å². The van der Waals surface area contributed by atoms with Crippen molar-refractivity contribution in [2.24, 2.45) is 0 Å². The van der Waals surface area contributed by atoms with Crippen LogP contribution in [0.5, 0.6) is 5.75 Å². The lowest BCUT2D eigenvalue weighted by Crippen LogP contribution is -2.39. The quantitative estimate of drug-likeness (QED) is 0.788. The maximum absolute atomic E-state index is 11.9. The number of aromatic nitrogens is 4. The number of nitrogens with zero attached hydrogens (tertiary/aromatic N) is 4. The van der Waals surface area contributed by atoms with Crippen molar-refractivity contribution < 1.29 is 4.74 Å².